The molecule has 1 fully saturated rings. The number of rotatable bonds is 5. The van der Waals surface area contributed by atoms with E-state index in [9.17, 15) is 0 Å². The van der Waals surface area contributed by atoms with E-state index in [2.05, 4.69) is 44.2 Å². The molecular formula is C16H29N3. The third kappa shape index (κ3) is 3.19. The lowest BCUT2D eigenvalue weighted by molar-refractivity contribution is 0.312. The fourth-order valence-electron chi connectivity index (χ4n) is 3.35. The molecule has 0 amide bonds. The molecule has 108 valence electrons. The normalized spacial score (nSPS) is 17.0. The Kier molecular flexibility index (Phi) is 4.67. The van der Waals surface area contributed by atoms with Gasteiger partial charge in [-0.25, -0.2) is 0 Å². The van der Waals surface area contributed by atoms with Crippen molar-refractivity contribution in [3.63, 3.8) is 0 Å². The molecule has 1 saturated heterocycles. The Hall–Kier alpha value is -0.830. The highest BCUT2D eigenvalue weighted by molar-refractivity contribution is 5.31. The van der Waals surface area contributed by atoms with Gasteiger partial charge >= 0.3 is 0 Å². The SMILES string of the molecule is Cc1nn(CCN2CCCC2)c(C(C)C)c1C(C)C. The minimum Gasteiger partial charge on any atom is -0.301 e. The van der Waals surface area contributed by atoms with Crippen molar-refractivity contribution >= 4 is 0 Å². The molecule has 3 nitrogen and oxygen atoms in total. The van der Waals surface area contributed by atoms with Crippen molar-refractivity contribution in [2.24, 2.45) is 0 Å². The standard InChI is InChI=1S/C16H29N3/c1-12(2)15-14(5)17-19(16(15)13(3)4)11-10-18-8-6-7-9-18/h12-13H,6-11H2,1-5H3. The van der Waals surface area contributed by atoms with Gasteiger partial charge in [0.1, 0.15) is 0 Å². The molecule has 0 bridgehead atoms. The predicted molar refractivity (Wildman–Crippen MR) is 80.8 cm³/mol. The topological polar surface area (TPSA) is 21.1 Å². The maximum absolute atomic E-state index is 4.80. The van der Waals surface area contributed by atoms with Crippen LogP contribution in [0.3, 0.4) is 0 Å². The Morgan fingerprint density at radius 2 is 1.63 bits per heavy atom. The summed E-state index contributed by atoms with van der Waals surface area (Å²) in [5.41, 5.74) is 4.14. The molecule has 0 N–H and O–H groups in total. The van der Waals surface area contributed by atoms with Crippen LogP contribution >= 0.6 is 0 Å². The molecule has 1 aliphatic rings. The number of hydrogen-bond acceptors (Lipinski definition) is 2. The molecule has 0 aliphatic carbocycles. The van der Waals surface area contributed by atoms with Crippen LogP contribution in [0.2, 0.25) is 0 Å². The first-order valence-electron chi connectivity index (χ1n) is 7.80. The molecule has 1 aromatic rings. The lowest BCUT2D eigenvalue weighted by Gasteiger charge is -2.18. The summed E-state index contributed by atoms with van der Waals surface area (Å²) in [5, 5.41) is 4.80. The molecule has 0 atom stereocenters. The fraction of sp³-hybridized carbons (Fsp3) is 0.812. The van der Waals surface area contributed by atoms with Crippen LogP contribution in [0.25, 0.3) is 0 Å². The second-order valence-electron chi connectivity index (χ2n) is 6.47. The molecule has 0 unspecified atom stereocenters. The molecule has 0 aromatic carbocycles. The minimum atomic E-state index is 0.553. The van der Waals surface area contributed by atoms with Crippen LogP contribution in [-0.4, -0.2) is 34.3 Å². The average Bonchev–Trinajstić information content (AvgIpc) is 2.92. The van der Waals surface area contributed by atoms with Crippen LogP contribution in [0.15, 0.2) is 0 Å². The Labute approximate surface area is 118 Å². The molecule has 3 heteroatoms. The van der Waals surface area contributed by atoms with Crippen molar-refractivity contribution in [3.05, 3.63) is 17.0 Å². The number of nitrogens with zero attached hydrogens (tertiary/aromatic N) is 3. The first-order valence-corrected chi connectivity index (χ1v) is 7.80. The van der Waals surface area contributed by atoms with Crippen molar-refractivity contribution in [1.29, 1.82) is 0 Å². The lowest BCUT2D eigenvalue weighted by Crippen LogP contribution is -2.25. The largest absolute Gasteiger partial charge is 0.301 e. The lowest BCUT2D eigenvalue weighted by atomic mass is 9.95. The molecule has 0 saturated carbocycles. The maximum atomic E-state index is 4.80. The molecule has 1 aromatic heterocycles. The number of aryl methyl sites for hydroxylation is 1. The van der Waals surface area contributed by atoms with E-state index >= 15 is 0 Å². The van der Waals surface area contributed by atoms with E-state index in [1.165, 1.54) is 42.9 Å². The van der Waals surface area contributed by atoms with Gasteiger partial charge in [0.15, 0.2) is 0 Å². The quantitative estimate of drug-likeness (QED) is 0.810. The van der Waals surface area contributed by atoms with Crippen LogP contribution in [-0.2, 0) is 6.54 Å². The summed E-state index contributed by atoms with van der Waals surface area (Å²) in [6.07, 6.45) is 2.73. The van der Waals surface area contributed by atoms with Crippen molar-refractivity contribution < 1.29 is 0 Å². The highest BCUT2D eigenvalue weighted by Gasteiger charge is 2.20. The minimum absolute atomic E-state index is 0.553. The summed E-state index contributed by atoms with van der Waals surface area (Å²) in [5.74, 6) is 1.12. The van der Waals surface area contributed by atoms with Crippen molar-refractivity contribution in [2.75, 3.05) is 19.6 Å². The Morgan fingerprint density at radius 1 is 1.00 bits per heavy atom. The first kappa shape index (κ1) is 14.6. The van der Waals surface area contributed by atoms with Gasteiger partial charge in [0.25, 0.3) is 0 Å². The zero-order valence-electron chi connectivity index (χ0n) is 13.2. The highest BCUT2D eigenvalue weighted by atomic mass is 15.3. The predicted octanol–water partition coefficient (Wildman–Crippen LogP) is 3.53. The third-order valence-corrected chi connectivity index (χ3v) is 4.17. The average molecular weight is 263 g/mol. The molecule has 2 heterocycles. The van der Waals surface area contributed by atoms with Crippen LogP contribution in [0.1, 0.15) is 69.3 Å². The van der Waals surface area contributed by atoms with E-state index in [0.29, 0.717) is 11.8 Å². The van der Waals surface area contributed by atoms with E-state index in [-0.39, 0.29) is 0 Å². The van der Waals surface area contributed by atoms with Crippen LogP contribution in [0, 0.1) is 6.92 Å². The summed E-state index contributed by atoms with van der Waals surface area (Å²) in [6.45, 7) is 16.0. The van der Waals surface area contributed by atoms with Gasteiger partial charge in [0, 0.05) is 12.2 Å². The van der Waals surface area contributed by atoms with Gasteiger partial charge < -0.3 is 4.90 Å². The van der Waals surface area contributed by atoms with Gasteiger partial charge in [-0.3, -0.25) is 4.68 Å². The van der Waals surface area contributed by atoms with Gasteiger partial charge in [0.2, 0.25) is 0 Å². The van der Waals surface area contributed by atoms with Gasteiger partial charge in [0.05, 0.1) is 12.2 Å². The number of aromatic nitrogens is 2. The molecular weight excluding hydrogens is 234 g/mol. The Morgan fingerprint density at radius 3 is 2.16 bits per heavy atom. The second kappa shape index (κ2) is 6.08. The van der Waals surface area contributed by atoms with Crippen LogP contribution in [0.5, 0.6) is 0 Å². The van der Waals surface area contributed by atoms with Crippen molar-refractivity contribution in [3.8, 4) is 0 Å². The Bertz CT molecular complexity index is 412. The molecule has 1 aliphatic heterocycles. The molecule has 0 spiro atoms. The summed E-state index contributed by atoms with van der Waals surface area (Å²) in [4.78, 5) is 2.57. The van der Waals surface area contributed by atoms with Crippen molar-refractivity contribution in [1.82, 2.24) is 14.7 Å². The molecule has 0 radical (unpaired) electrons. The zero-order valence-corrected chi connectivity index (χ0v) is 13.2. The van der Waals surface area contributed by atoms with E-state index in [0.717, 1.165) is 13.1 Å². The Balaban J connectivity index is 2.16. The van der Waals surface area contributed by atoms with Crippen LogP contribution in [0.4, 0.5) is 0 Å². The summed E-state index contributed by atoms with van der Waals surface area (Å²) < 4.78 is 2.27. The van der Waals surface area contributed by atoms with Gasteiger partial charge in [-0.15, -0.1) is 0 Å². The van der Waals surface area contributed by atoms with Crippen molar-refractivity contribution in [2.45, 2.75) is 65.8 Å². The summed E-state index contributed by atoms with van der Waals surface area (Å²) in [6, 6.07) is 0. The second-order valence-corrected chi connectivity index (χ2v) is 6.47. The summed E-state index contributed by atoms with van der Waals surface area (Å²) in [7, 11) is 0. The maximum Gasteiger partial charge on any atom is 0.0631 e. The smallest absolute Gasteiger partial charge is 0.0631 e. The van der Waals surface area contributed by atoms with Gasteiger partial charge in [-0.2, -0.15) is 5.10 Å². The van der Waals surface area contributed by atoms with E-state index < -0.39 is 0 Å². The van der Waals surface area contributed by atoms with E-state index in [1.807, 2.05) is 0 Å². The van der Waals surface area contributed by atoms with E-state index in [4.69, 9.17) is 5.10 Å². The third-order valence-electron chi connectivity index (χ3n) is 4.17. The van der Waals surface area contributed by atoms with E-state index in [1.54, 1.807) is 0 Å². The summed E-state index contributed by atoms with van der Waals surface area (Å²) >= 11 is 0. The zero-order chi connectivity index (χ0) is 14.0. The number of likely N-dealkylation sites (tertiary alicyclic amines) is 1. The van der Waals surface area contributed by atoms with Crippen LogP contribution < -0.4 is 0 Å². The first-order chi connectivity index (χ1) is 9.00. The molecule has 19 heavy (non-hydrogen) atoms. The van der Waals surface area contributed by atoms with Gasteiger partial charge in [-0.1, -0.05) is 27.7 Å². The van der Waals surface area contributed by atoms with Gasteiger partial charge in [-0.05, 0) is 50.3 Å². The molecule has 2 rings (SSSR count). The number of hydrogen-bond donors (Lipinski definition) is 0. The monoisotopic (exact) mass is 263 g/mol. The fourth-order valence-corrected chi connectivity index (χ4v) is 3.35. The highest BCUT2D eigenvalue weighted by Crippen LogP contribution is 2.29.